The Morgan fingerprint density at radius 1 is 0.750 bits per heavy atom. The van der Waals surface area contributed by atoms with Crippen LogP contribution in [-0.2, 0) is 0 Å². The minimum atomic E-state index is 0.798. The first kappa shape index (κ1) is 14.3. The van der Waals surface area contributed by atoms with Gasteiger partial charge in [-0.15, -0.1) is 0 Å². The second kappa shape index (κ2) is 6.42. The van der Waals surface area contributed by atoms with Crippen LogP contribution in [0.5, 0.6) is 11.5 Å². The van der Waals surface area contributed by atoms with Gasteiger partial charge in [0.05, 0.1) is 5.69 Å². The Morgan fingerprint density at radius 2 is 1.46 bits per heavy atom. The number of nitrogens with one attached hydrogen (secondary N) is 1. The van der Waals surface area contributed by atoms with Crippen molar-refractivity contribution in [1.82, 2.24) is 4.98 Å². The molecule has 0 aliphatic heterocycles. The fourth-order valence-corrected chi connectivity index (χ4v) is 2.57. The summed E-state index contributed by atoms with van der Waals surface area (Å²) in [6.45, 7) is 0. The monoisotopic (exact) mass is 312 g/mol. The number of fused-ring (bicyclic) bond motifs is 1. The summed E-state index contributed by atoms with van der Waals surface area (Å²) in [5.41, 5.74) is 3.08. The Balaban J connectivity index is 1.51. The molecule has 0 spiro atoms. The predicted octanol–water partition coefficient (Wildman–Crippen LogP) is 5.71. The number of benzene rings is 3. The molecule has 3 heteroatoms. The van der Waals surface area contributed by atoms with E-state index in [9.17, 15) is 0 Å². The van der Waals surface area contributed by atoms with Gasteiger partial charge in [-0.25, -0.2) is 0 Å². The topological polar surface area (TPSA) is 37.4 Å². The molecule has 0 fully saturated rings. The number of para-hydroxylation sites is 2. The second-order valence-electron chi connectivity index (χ2n) is 5.46. The average Bonchev–Trinajstić information content (AvgIpc) is 3.05. The van der Waals surface area contributed by atoms with Gasteiger partial charge in [0.15, 0.2) is 0 Å². The van der Waals surface area contributed by atoms with Crippen molar-refractivity contribution in [3.05, 3.63) is 90.6 Å². The molecule has 1 aromatic heterocycles. The number of aliphatic imine (C=N–C) groups is 1. The van der Waals surface area contributed by atoms with Crippen molar-refractivity contribution in [3.63, 3.8) is 0 Å². The Hall–Kier alpha value is -3.33. The molecule has 3 nitrogen and oxygen atoms in total. The second-order valence-corrected chi connectivity index (χ2v) is 5.46. The van der Waals surface area contributed by atoms with Crippen LogP contribution in [0.3, 0.4) is 0 Å². The first-order valence-corrected chi connectivity index (χ1v) is 7.82. The molecule has 1 heterocycles. The quantitative estimate of drug-likeness (QED) is 0.481. The van der Waals surface area contributed by atoms with Crippen LogP contribution >= 0.6 is 0 Å². The number of aromatic nitrogens is 1. The van der Waals surface area contributed by atoms with Gasteiger partial charge >= 0.3 is 0 Å². The molecule has 0 atom stereocenters. The van der Waals surface area contributed by atoms with Crippen molar-refractivity contribution in [2.45, 2.75) is 0 Å². The third-order valence-corrected chi connectivity index (χ3v) is 3.79. The lowest BCUT2D eigenvalue weighted by Crippen LogP contribution is -1.82. The summed E-state index contributed by atoms with van der Waals surface area (Å²) in [7, 11) is 0. The van der Waals surface area contributed by atoms with Crippen LogP contribution in [0.2, 0.25) is 0 Å². The maximum Gasteiger partial charge on any atom is 0.127 e. The summed E-state index contributed by atoms with van der Waals surface area (Å²) >= 11 is 0. The Labute approximate surface area is 140 Å². The van der Waals surface area contributed by atoms with Crippen molar-refractivity contribution in [3.8, 4) is 11.5 Å². The lowest BCUT2D eigenvalue weighted by atomic mass is 10.2. The van der Waals surface area contributed by atoms with E-state index in [1.807, 2.05) is 79.1 Å². The average molecular weight is 312 g/mol. The number of H-pyrrole nitrogens is 1. The van der Waals surface area contributed by atoms with Gasteiger partial charge in [-0.05, 0) is 42.5 Å². The highest BCUT2D eigenvalue weighted by Gasteiger charge is 2.00. The van der Waals surface area contributed by atoms with Crippen LogP contribution in [0.4, 0.5) is 5.69 Å². The minimum absolute atomic E-state index is 0.798. The minimum Gasteiger partial charge on any atom is -0.457 e. The summed E-state index contributed by atoms with van der Waals surface area (Å²) < 4.78 is 5.78. The Kier molecular flexibility index (Phi) is 3.82. The molecule has 1 N–H and O–H groups in total. The number of nitrogens with zero attached hydrogens (tertiary/aromatic N) is 1. The fourth-order valence-electron chi connectivity index (χ4n) is 2.57. The zero-order valence-electron chi connectivity index (χ0n) is 13.0. The van der Waals surface area contributed by atoms with Gasteiger partial charge in [-0.2, -0.15) is 0 Å². The normalized spacial score (nSPS) is 11.2. The third kappa shape index (κ3) is 3.06. The van der Waals surface area contributed by atoms with Gasteiger partial charge in [-0.1, -0.05) is 36.4 Å². The van der Waals surface area contributed by atoms with Crippen LogP contribution in [0, 0.1) is 0 Å². The first-order valence-electron chi connectivity index (χ1n) is 7.82. The molecule has 0 saturated heterocycles. The zero-order valence-corrected chi connectivity index (χ0v) is 13.0. The molecule has 4 rings (SSSR count). The molecule has 0 aliphatic carbocycles. The van der Waals surface area contributed by atoms with Crippen molar-refractivity contribution in [2.24, 2.45) is 4.99 Å². The predicted molar refractivity (Wildman–Crippen MR) is 98.5 cm³/mol. The van der Waals surface area contributed by atoms with E-state index in [1.165, 1.54) is 5.39 Å². The molecule has 116 valence electrons. The first-order chi connectivity index (χ1) is 11.9. The summed E-state index contributed by atoms with van der Waals surface area (Å²) in [4.78, 5) is 7.80. The van der Waals surface area contributed by atoms with Crippen LogP contribution in [0.15, 0.2) is 90.1 Å². The SMILES string of the molecule is C(=Nc1ccc(Oc2ccccc2)cc1)c1c[nH]c2ccccc12. The van der Waals surface area contributed by atoms with Crippen LogP contribution in [0.25, 0.3) is 10.9 Å². The Morgan fingerprint density at radius 3 is 2.29 bits per heavy atom. The number of aromatic amines is 1. The summed E-state index contributed by atoms with van der Waals surface area (Å²) in [6, 6.07) is 25.7. The van der Waals surface area contributed by atoms with E-state index < -0.39 is 0 Å². The van der Waals surface area contributed by atoms with Gasteiger partial charge in [0.25, 0.3) is 0 Å². The van der Waals surface area contributed by atoms with E-state index in [1.54, 1.807) is 0 Å². The van der Waals surface area contributed by atoms with Gasteiger partial charge in [-0.3, -0.25) is 4.99 Å². The largest absolute Gasteiger partial charge is 0.457 e. The number of rotatable bonds is 4. The molecular formula is C21H16N2O. The van der Waals surface area contributed by atoms with Crippen LogP contribution in [0.1, 0.15) is 5.56 Å². The van der Waals surface area contributed by atoms with E-state index in [0.29, 0.717) is 0 Å². The third-order valence-electron chi connectivity index (χ3n) is 3.79. The van der Waals surface area contributed by atoms with Gasteiger partial charge in [0, 0.05) is 28.9 Å². The maximum atomic E-state index is 5.78. The van der Waals surface area contributed by atoms with Crippen molar-refractivity contribution < 1.29 is 4.74 Å². The van der Waals surface area contributed by atoms with Gasteiger partial charge in [0.1, 0.15) is 11.5 Å². The standard InChI is InChI=1S/C21H16N2O/c1-2-6-18(7-3-1)24-19-12-10-17(11-13-19)22-14-16-15-23-21-9-5-4-8-20(16)21/h1-15,23H. The smallest absolute Gasteiger partial charge is 0.127 e. The molecule has 24 heavy (non-hydrogen) atoms. The number of hydrogen-bond acceptors (Lipinski definition) is 2. The molecule has 0 saturated carbocycles. The number of hydrogen-bond donors (Lipinski definition) is 1. The van der Waals surface area contributed by atoms with Gasteiger partial charge < -0.3 is 9.72 Å². The fraction of sp³-hybridized carbons (Fsp3) is 0. The molecular weight excluding hydrogens is 296 g/mol. The molecule has 3 aromatic carbocycles. The summed E-state index contributed by atoms with van der Waals surface area (Å²) in [6.07, 6.45) is 3.85. The molecule has 4 aromatic rings. The van der Waals surface area contributed by atoms with Crippen molar-refractivity contribution in [2.75, 3.05) is 0 Å². The molecule has 0 amide bonds. The van der Waals surface area contributed by atoms with E-state index in [2.05, 4.69) is 22.1 Å². The van der Waals surface area contributed by atoms with Crippen LogP contribution < -0.4 is 4.74 Å². The lowest BCUT2D eigenvalue weighted by Gasteiger charge is -2.05. The van der Waals surface area contributed by atoms with Crippen molar-refractivity contribution >= 4 is 22.8 Å². The molecule has 0 bridgehead atoms. The van der Waals surface area contributed by atoms with E-state index >= 15 is 0 Å². The van der Waals surface area contributed by atoms with Crippen molar-refractivity contribution in [1.29, 1.82) is 0 Å². The molecule has 0 unspecified atom stereocenters. The maximum absolute atomic E-state index is 5.78. The Bertz CT molecular complexity index is 970. The molecule has 0 radical (unpaired) electrons. The zero-order chi connectivity index (χ0) is 16.2. The molecule has 0 aliphatic rings. The van der Waals surface area contributed by atoms with E-state index in [-0.39, 0.29) is 0 Å². The van der Waals surface area contributed by atoms with E-state index in [4.69, 9.17) is 4.74 Å². The summed E-state index contributed by atoms with van der Waals surface area (Å²) in [5, 5.41) is 1.17. The highest BCUT2D eigenvalue weighted by molar-refractivity contribution is 5.99. The lowest BCUT2D eigenvalue weighted by molar-refractivity contribution is 0.483. The highest BCUT2D eigenvalue weighted by Crippen LogP contribution is 2.24. The van der Waals surface area contributed by atoms with E-state index in [0.717, 1.165) is 28.3 Å². The summed E-state index contributed by atoms with van der Waals surface area (Å²) in [5.74, 6) is 1.62. The van der Waals surface area contributed by atoms with Crippen LogP contribution in [-0.4, -0.2) is 11.2 Å². The highest BCUT2D eigenvalue weighted by atomic mass is 16.5. The van der Waals surface area contributed by atoms with Gasteiger partial charge in [0.2, 0.25) is 0 Å². The number of ether oxygens (including phenoxy) is 1.